The quantitative estimate of drug-likeness (QED) is 0.691. The molecule has 3 rings (SSSR count). The van der Waals surface area contributed by atoms with E-state index in [2.05, 4.69) is 30.9 Å². The average molecular weight is 342 g/mol. The number of nitrogens with zero attached hydrogens (tertiary/aromatic N) is 4. The van der Waals surface area contributed by atoms with Crippen LogP contribution < -0.4 is 10.1 Å². The minimum absolute atomic E-state index is 0.225. The van der Waals surface area contributed by atoms with E-state index in [-0.39, 0.29) is 12.5 Å². The first kappa shape index (κ1) is 16.8. The third kappa shape index (κ3) is 3.56. The van der Waals surface area contributed by atoms with Crippen LogP contribution in [0.5, 0.6) is 5.75 Å². The van der Waals surface area contributed by atoms with Gasteiger partial charge in [0.05, 0.1) is 30.5 Å². The smallest absolute Gasteiger partial charge is 0.253 e. The lowest BCUT2D eigenvalue weighted by Crippen LogP contribution is -2.32. The van der Waals surface area contributed by atoms with Crippen molar-refractivity contribution in [1.29, 1.82) is 0 Å². The number of tetrazole rings is 1. The van der Waals surface area contributed by atoms with Gasteiger partial charge in [0.1, 0.15) is 11.8 Å². The summed E-state index contributed by atoms with van der Waals surface area (Å²) in [7, 11) is 3.14. The van der Waals surface area contributed by atoms with Crippen LogP contribution in [0.1, 0.15) is 27.9 Å². The number of carbonyl (C=O) groups is 1. The number of pyridine rings is 1. The Morgan fingerprint density at radius 1 is 1.32 bits per heavy atom. The Kier molecular flexibility index (Phi) is 4.85. The Labute approximate surface area is 143 Å². The van der Waals surface area contributed by atoms with Crippen LogP contribution in [0.15, 0.2) is 24.3 Å². The van der Waals surface area contributed by atoms with E-state index in [1.54, 1.807) is 20.1 Å². The van der Waals surface area contributed by atoms with Gasteiger partial charge in [-0.15, -0.1) is 10.2 Å². The Morgan fingerprint density at radius 2 is 2.16 bits per heavy atom. The molecule has 9 nitrogen and oxygen atoms in total. The molecular formula is C16H18N6O3. The maximum absolute atomic E-state index is 12.7. The number of carbonyl (C=O) groups excluding carboxylic acids is 1. The number of benzene rings is 1. The van der Waals surface area contributed by atoms with E-state index in [0.29, 0.717) is 22.8 Å². The highest BCUT2D eigenvalue weighted by molar-refractivity contribution is 5.99. The molecule has 0 aliphatic heterocycles. The van der Waals surface area contributed by atoms with Gasteiger partial charge in [-0.1, -0.05) is 5.21 Å². The number of aromatic nitrogens is 5. The van der Waals surface area contributed by atoms with E-state index in [1.165, 1.54) is 7.11 Å². The number of amides is 1. The number of hydrogen-bond donors (Lipinski definition) is 2. The van der Waals surface area contributed by atoms with E-state index in [0.717, 1.165) is 10.9 Å². The monoisotopic (exact) mass is 342 g/mol. The van der Waals surface area contributed by atoms with Gasteiger partial charge < -0.3 is 14.8 Å². The SMILES string of the molecule is COCC(NC(=O)c1cc2ccc(OC)cc2nc1C)c1nn[nH]n1. The Bertz CT molecular complexity index is 881. The average Bonchev–Trinajstić information content (AvgIpc) is 3.14. The maximum Gasteiger partial charge on any atom is 0.253 e. The summed E-state index contributed by atoms with van der Waals surface area (Å²) in [5.41, 5.74) is 1.85. The van der Waals surface area contributed by atoms with Crippen molar-refractivity contribution >= 4 is 16.8 Å². The number of nitrogens with one attached hydrogen (secondary N) is 2. The van der Waals surface area contributed by atoms with Gasteiger partial charge in [-0.3, -0.25) is 9.78 Å². The fourth-order valence-corrected chi connectivity index (χ4v) is 2.50. The zero-order valence-electron chi connectivity index (χ0n) is 14.1. The number of fused-ring (bicyclic) bond motifs is 1. The minimum atomic E-state index is -0.512. The minimum Gasteiger partial charge on any atom is -0.497 e. The molecule has 0 fully saturated rings. The summed E-state index contributed by atoms with van der Waals surface area (Å²) in [5.74, 6) is 0.787. The summed E-state index contributed by atoms with van der Waals surface area (Å²) in [6.45, 7) is 2.01. The third-order valence-corrected chi connectivity index (χ3v) is 3.77. The van der Waals surface area contributed by atoms with Crippen LogP contribution in [0.4, 0.5) is 0 Å². The highest BCUT2D eigenvalue weighted by Gasteiger charge is 2.21. The van der Waals surface area contributed by atoms with Crippen LogP contribution in [0.25, 0.3) is 10.9 Å². The molecule has 0 spiro atoms. The predicted molar refractivity (Wildman–Crippen MR) is 89.3 cm³/mol. The van der Waals surface area contributed by atoms with Crippen molar-refractivity contribution in [3.8, 4) is 5.75 Å². The van der Waals surface area contributed by atoms with Crippen molar-refractivity contribution < 1.29 is 14.3 Å². The lowest BCUT2D eigenvalue weighted by Gasteiger charge is -2.15. The van der Waals surface area contributed by atoms with Crippen molar-refractivity contribution in [2.45, 2.75) is 13.0 Å². The van der Waals surface area contributed by atoms with E-state index < -0.39 is 6.04 Å². The van der Waals surface area contributed by atoms with Gasteiger partial charge in [0.25, 0.3) is 5.91 Å². The van der Waals surface area contributed by atoms with Crippen LogP contribution in [0.3, 0.4) is 0 Å². The van der Waals surface area contributed by atoms with Crippen molar-refractivity contribution in [3.63, 3.8) is 0 Å². The first-order valence-electron chi connectivity index (χ1n) is 7.61. The first-order valence-corrected chi connectivity index (χ1v) is 7.61. The first-order chi connectivity index (χ1) is 12.1. The molecule has 3 aromatic rings. The second kappa shape index (κ2) is 7.22. The molecule has 9 heteroatoms. The van der Waals surface area contributed by atoms with Gasteiger partial charge in [-0.05, 0) is 25.1 Å². The van der Waals surface area contributed by atoms with Crippen molar-refractivity contribution in [1.82, 2.24) is 30.9 Å². The molecule has 0 saturated heterocycles. The Morgan fingerprint density at radius 3 is 2.84 bits per heavy atom. The van der Waals surface area contributed by atoms with E-state index >= 15 is 0 Å². The maximum atomic E-state index is 12.7. The van der Waals surface area contributed by atoms with Crippen LogP contribution in [-0.4, -0.2) is 52.3 Å². The van der Waals surface area contributed by atoms with Crippen LogP contribution >= 0.6 is 0 Å². The molecule has 1 unspecified atom stereocenters. The second-order valence-electron chi connectivity index (χ2n) is 5.43. The number of ether oxygens (including phenoxy) is 2. The molecule has 0 aliphatic rings. The lowest BCUT2D eigenvalue weighted by molar-refractivity contribution is 0.0891. The van der Waals surface area contributed by atoms with Gasteiger partial charge in [0.2, 0.25) is 0 Å². The number of hydrogen-bond acceptors (Lipinski definition) is 7. The summed E-state index contributed by atoms with van der Waals surface area (Å²) in [5, 5.41) is 17.4. The summed E-state index contributed by atoms with van der Waals surface area (Å²) in [6, 6.07) is 6.81. The molecule has 2 N–H and O–H groups in total. The van der Waals surface area contributed by atoms with Crippen molar-refractivity contribution in [3.05, 3.63) is 41.3 Å². The number of rotatable bonds is 6. The van der Waals surface area contributed by atoms with Crippen molar-refractivity contribution in [2.75, 3.05) is 20.8 Å². The highest BCUT2D eigenvalue weighted by Crippen LogP contribution is 2.22. The molecule has 1 atom stereocenters. The fourth-order valence-electron chi connectivity index (χ4n) is 2.50. The molecule has 130 valence electrons. The topological polar surface area (TPSA) is 115 Å². The zero-order valence-corrected chi connectivity index (χ0v) is 14.1. The van der Waals surface area contributed by atoms with Crippen LogP contribution in [0.2, 0.25) is 0 Å². The summed E-state index contributed by atoms with van der Waals surface area (Å²) in [4.78, 5) is 17.2. The Hall–Kier alpha value is -3.07. The fraction of sp³-hybridized carbons (Fsp3) is 0.312. The molecule has 2 aromatic heterocycles. The molecule has 0 aliphatic carbocycles. The van der Waals surface area contributed by atoms with Gasteiger partial charge in [-0.2, -0.15) is 5.21 Å². The number of aromatic amines is 1. The standard InChI is InChI=1S/C16H18N6O3/c1-9-12(6-10-4-5-11(25-3)7-13(10)17-9)16(23)18-14(8-24-2)15-19-21-22-20-15/h4-7,14H,8H2,1-3H3,(H,18,23)(H,19,20,21,22). The predicted octanol–water partition coefficient (Wildman–Crippen LogP) is 1.18. The van der Waals surface area contributed by atoms with Gasteiger partial charge >= 0.3 is 0 Å². The molecule has 0 saturated carbocycles. The summed E-state index contributed by atoms with van der Waals surface area (Å²) in [6.07, 6.45) is 0. The second-order valence-corrected chi connectivity index (χ2v) is 5.43. The number of H-pyrrole nitrogens is 1. The third-order valence-electron chi connectivity index (χ3n) is 3.77. The molecular weight excluding hydrogens is 324 g/mol. The van der Waals surface area contributed by atoms with Gasteiger partial charge in [-0.25, -0.2) is 0 Å². The Balaban J connectivity index is 1.89. The van der Waals surface area contributed by atoms with Crippen LogP contribution in [0, 0.1) is 6.92 Å². The molecule has 1 aromatic carbocycles. The largest absolute Gasteiger partial charge is 0.497 e. The molecule has 1 amide bonds. The molecule has 25 heavy (non-hydrogen) atoms. The molecule has 2 heterocycles. The summed E-state index contributed by atoms with van der Waals surface area (Å²) >= 11 is 0. The van der Waals surface area contributed by atoms with Gasteiger partial charge in [0, 0.05) is 18.6 Å². The van der Waals surface area contributed by atoms with E-state index in [1.807, 2.05) is 18.2 Å². The summed E-state index contributed by atoms with van der Waals surface area (Å²) < 4.78 is 10.3. The lowest BCUT2D eigenvalue weighted by atomic mass is 10.1. The zero-order chi connectivity index (χ0) is 17.8. The van der Waals surface area contributed by atoms with Gasteiger partial charge in [0.15, 0.2) is 5.82 Å². The molecule has 0 radical (unpaired) electrons. The number of aryl methyl sites for hydroxylation is 1. The van der Waals surface area contributed by atoms with Crippen molar-refractivity contribution in [2.24, 2.45) is 0 Å². The number of methoxy groups -OCH3 is 2. The van der Waals surface area contributed by atoms with E-state index in [9.17, 15) is 4.79 Å². The molecule has 0 bridgehead atoms. The van der Waals surface area contributed by atoms with Crippen LogP contribution in [-0.2, 0) is 4.74 Å². The normalized spacial score (nSPS) is 12.1. The van der Waals surface area contributed by atoms with E-state index in [4.69, 9.17) is 9.47 Å². The highest BCUT2D eigenvalue weighted by atomic mass is 16.5.